The molecule has 0 aromatic heterocycles. The van der Waals surface area contributed by atoms with Crippen molar-refractivity contribution in [2.75, 3.05) is 0 Å². The summed E-state index contributed by atoms with van der Waals surface area (Å²) in [6, 6.07) is 0. The molecule has 1 saturated carbocycles. The molecule has 3 nitrogen and oxygen atoms in total. The molecule has 1 spiro atoms. The predicted molar refractivity (Wildman–Crippen MR) is 58.9 cm³/mol. The summed E-state index contributed by atoms with van der Waals surface area (Å²) in [5, 5.41) is 0. The van der Waals surface area contributed by atoms with Gasteiger partial charge in [-0.25, -0.2) is 0 Å². The Morgan fingerprint density at radius 3 is 2.81 bits per heavy atom. The first kappa shape index (κ1) is 10.5. The summed E-state index contributed by atoms with van der Waals surface area (Å²) in [4.78, 5) is 12.4. The number of allylic oxidation sites excluding steroid dienone is 1. The topological polar surface area (TPSA) is 35.5 Å². The zero-order valence-electron chi connectivity index (χ0n) is 9.86. The molecule has 88 valence electrons. The van der Waals surface area contributed by atoms with Crippen LogP contribution in [0.25, 0.3) is 0 Å². The van der Waals surface area contributed by atoms with Gasteiger partial charge >= 0.3 is 0 Å². The van der Waals surface area contributed by atoms with Crippen molar-refractivity contribution in [1.82, 2.24) is 0 Å². The van der Waals surface area contributed by atoms with Crippen LogP contribution in [0, 0.1) is 5.41 Å². The Labute approximate surface area is 95.8 Å². The fourth-order valence-corrected chi connectivity index (χ4v) is 3.42. The van der Waals surface area contributed by atoms with Crippen LogP contribution >= 0.6 is 0 Å². The van der Waals surface area contributed by atoms with Gasteiger partial charge in [0.15, 0.2) is 11.6 Å². The highest BCUT2D eigenvalue weighted by Crippen LogP contribution is 2.59. The Morgan fingerprint density at radius 1 is 1.31 bits per heavy atom. The molecule has 0 aromatic rings. The lowest BCUT2D eigenvalue weighted by Crippen LogP contribution is -2.54. The van der Waals surface area contributed by atoms with E-state index < -0.39 is 11.2 Å². The summed E-state index contributed by atoms with van der Waals surface area (Å²) in [6.07, 6.45) is 7.31. The van der Waals surface area contributed by atoms with Gasteiger partial charge in [-0.3, -0.25) is 4.79 Å². The van der Waals surface area contributed by atoms with Crippen molar-refractivity contribution in [3.63, 3.8) is 0 Å². The third-order valence-electron chi connectivity index (χ3n) is 4.40. The van der Waals surface area contributed by atoms with Crippen molar-refractivity contribution in [3.05, 3.63) is 12.2 Å². The minimum absolute atomic E-state index is 0.163. The lowest BCUT2D eigenvalue weighted by Gasteiger charge is -2.44. The minimum atomic E-state index is -0.614. The van der Waals surface area contributed by atoms with E-state index in [0.29, 0.717) is 0 Å². The van der Waals surface area contributed by atoms with Gasteiger partial charge < -0.3 is 9.47 Å². The lowest BCUT2D eigenvalue weighted by molar-refractivity contribution is -0.229. The molecule has 0 N–H and O–H groups in total. The number of ether oxygens (including phenoxy) is 2. The van der Waals surface area contributed by atoms with E-state index in [0.717, 1.165) is 25.7 Å². The highest BCUT2D eigenvalue weighted by Gasteiger charge is 2.71. The maximum absolute atomic E-state index is 12.4. The van der Waals surface area contributed by atoms with E-state index >= 15 is 0 Å². The molecule has 3 heteroatoms. The van der Waals surface area contributed by atoms with Crippen molar-refractivity contribution >= 4 is 5.78 Å². The zero-order valence-corrected chi connectivity index (χ0v) is 9.86. The van der Waals surface area contributed by atoms with Crippen LogP contribution in [0.2, 0.25) is 0 Å². The van der Waals surface area contributed by atoms with Gasteiger partial charge in [-0.2, -0.15) is 0 Å². The molecule has 2 heterocycles. The summed E-state index contributed by atoms with van der Waals surface area (Å²) in [5.41, 5.74) is -0.395. The van der Waals surface area contributed by atoms with Crippen molar-refractivity contribution in [2.45, 2.75) is 57.5 Å². The predicted octanol–water partition coefficient (Wildman–Crippen LogP) is 2.21. The molecule has 0 radical (unpaired) electrons. The van der Waals surface area contributed by atoms with Crippen molar-refractivity contribution in [1.29, 1.82) is 0 Å². The van der Waals surface area contributed by atoms with E-state index in [1.807, 2.05) is 26.0 Å². The van der Waals surface area contributed by atoms with Crippen LogP contribution in [0.3, 0.4) is 0 Å². The number of ketones is 1. The molecule has 0 unspecified atom stereocenters. The van der Waals surface area contributed by atoms with Gasteiger partial charge in [-0.15, -0.1) is 0 Å². The van der Waals surface area contributed by atoms with Crippen molar-refractivity contribution in [2.24, 2.45) is 5.41 Å². The second-order valence-corrected chi connectivity index (χ2v) is 5.30. The highest BCUT2D eigenvalue weighted by molar-refractivity contribution is 5.93. The fraction of sp³-hybridized carbons (Fsp3) is 0.769. The van der Waals surface area contributed by atoms with Crippen LogP contribution < -0.4 is 0 Å². The number of hydrogen-bond donors (Lipinski definition) is 0. The number of carbonyl (C=O) groups is 1. The quantitative estimate of drug-likeness (QED) is 0.638. The maximum atomic E-state index is 12.4. The first-order valence-electron chi connectivity index (χ1n) is 6.16. The molecule has 3 aliphatic rings. The van der Waals surface area contributed by atoms with E-state index in [9.17, 15) is 4.79 Å². The van der Waals surface area contributed by atoms with E-state index in [1.165, 1.54) is 0 Å². The molecule has 16 heavy (non-hydrogen) atoms. The number of fused-ring (bicyclic) bond motifs is 1. The first-order valence-corrected chi connectivity index (χ1v) is 6.16. The monoisotopic (exact) mass is 222 g/mol. The van der Waals surface area contributed by atoms with Crippen molar-refractivity contribution in [3.8, 4) is 0 Å². The SMILES string of the molecule is C/C=C/[C@@H]1O[C@@]23CCCC[C@]2(C)C(=O)[C@@H]1O3. The third kappa shape index (κ3) is 1.03. The van der Waals surface area contributed by atoms with Crippen molar-refractivity contribution < 1.29 is 14.3 Å². The third-order valence-corrected chi connectivity index (χ3v) is 4.40. The van der Waals surface area contributed by atoms with Crippen LogP contribution in [0.4, 0.5) is 0 Å². The second kappa shape index (κ2) is 3.17. The average molecular weight is 222 g/mol. The van der Waals surface area contributed by atoms with Gasteiger partial charge in [0, 0.05) is 6.42 Å². The van der Waals surface area contributed by atoms with Crippen LogP contribution in [-0.4, -0.2) is 23.8 Å². The van der Waals surface area contributed by atoms with Gasteiger partial charge in [-0.1, -0.05) is 18.6 Å². The molecule has 2 aliphatic heterocycles. The standard InChI is InChI=1S/C13H18O3/c1-3-6-9-10-11(14)12(2)7-4-5-8-13(12,15-9)16-10/h3,6,9-10H,4-5,7-8H2,1-2H3/b6-3+/t9-,10+,12+,13+/m0/s1. The smallest absolute Gasteiger partial charge is 0.182 e. The Hall–Kier alpha value is -0.670. The Morgan fingerprint density at radius 2 is 2.06 bits per heavy atom. The molecule has 3 fully saturated rings. The number of carbonyl (C=O) groups excluding carboxylic acids is 1. The fourth-order valence-electron chi connectivity index (χ4n) is 3.42. The lowest BCUT2D eigenvalue weighted by atomic mass is 9.67. The van der Waals surface area contributed by atoms with Crippen LogP contribution in [0.5, 0.6) is 0 Å². The summed E-state index contributed by atoms with van der Waals surface area (Å²) in [5.74, 6) is -0.362. The minimum Gasteiger partial charge on any atom is -0.338 e. The van der Waals surface area contributed by atoms with Gasteiger partial charge in [0.05, 0.1) is 5.41 Å². The van der Waals surface area contributed by atoms with E-state index in [1.54, 1.807) is 0 Å². The van der Waals surface area contributed by atoms with Crippen LogP contribution in [-0.2, 0) is 14.3 Å². The second-order valence-electron chi connectivity index (χ2n) is 5.30. The average Bonchev–Trinajstić information content (AvgIpc) is 2.72. The van der Waals surface area contributed by atoms with Gasteiger partial charge in [-0.05, 0) is 26.7 Å². The molecule has 0 amide bonds. The van der Waals surface area contributed by atoms with E-state index in [4.69, 9.17) is 9.47 Å². The first-order chi connectivity index (χ1) is 7.63. The summed E-state index contributed by atoms with van der Waals surface area (Å²) >= 11 is 0. The summed E-state index contributed by atoms with van der Waals surface area (Å²) in [6.45, 7) is 3.96. The zero-order chi connectivity index (χ0) is 11.4. The summed E-state index contributed by atoms with van der Waals surface area (Å²) < 4.78 is 12.0. The number of Topliss-reactive ketones (excluding diaryl/α,β-unsaturated/α-hetero) is 1. The largest absolute Gasteiger partial charge is 0.338 e. The summed E-state index contributed by atoms with van der Waals surface area (Å²) in [7, 11) is 0. The molecular formula is C13H18O3. The molecule has 4 atom stereocenters. The van der Waals surface area contributed by atoms with Gasteiger partial charge in [0.1, 0.15) is 12.2 Å². The Bertz CT molecular complexity index is 362. The molecule has 2 saturated heterocycles. The number of hydrogen-bond acceptors (Lipinski definition) is 3. The molecule has 3 rings (SSSR count). The molecular weight excluding hydrogens is 204 g/mol. The van der Waals surface area contributed by atoms with E-state index in [-0.39, 0.29) is 18.0 Å². The van der Waals surface area contributed by atoms with Crippen LogP contribution in [0.1, 0.15) is 39.5 Å². The number of rotatable bonds is 1. The molecule has 2 bridgehead atoms. The molecule has 1 aliphatic carbocycles. The Balaban J connectivity index is 1.99. The van der Waals surface area contributed by atoms with E-state index in [2.05, 4.69) is 0 Å². The van der Waals surface area contributed by atoms with Gasteiger partial charge in [0.2, 0.25) is 0 Å². The normalized spacial score (nSPS) is 51.2. The Kier molecular flexibility index (Phi) is 2.08. The highest BCUT2D eigenvalue weighted by atomic mass is 16.8. The van der Waals surface area contributed by atoms with Gasteiger partial charge in [0.25, 0.3) is 0 Å². The molecule has 0 aromatic carbocycles. The van der Waals surface area contributed by atoms with Crippen LogP contribution in [0.15, 0.2) is 12.2 Å². The maximum Gasteiger partial charge on any atom is 0.182 e.